The van der Waals surface area contributed by atoms with Crippen LogP contribution in [0.1, 0.15) is 23.7 Å². The van der Waals surface area contributed by atoms with E-state index in [2.05, 4.69) is 42.2 Å². The number of pyridine rings is 1. The number of rotatable bonds is 3. The molecular weight excluding hydrogens is 194 g/mol. The van der Waals surface area contributed by atoms with E-state index >= 15 is 0 Å². The molecule has 1 nitrogen and oxygen atoms in total. The van der Waals surface area contributed by atoms with Crippen LogP contribution in [0.5, 0.6) is 0 Å². The average Bonchev–Trinajstić information content (AvgIpc) is 2.38. The Balaban J connectivity index is 2.12. The first-order chi connectivity index (χ1) is 7.88. The normalized spacial score (nSPS) is 10.8. The Bertz CT molecular complexity index is 455. The number of nitrogens with zero attached hydrogens (tertiary/aromatic N) is 1. The lowest BCUT2D eigenvalue weighted by atomic mass is 10.2. The summed E-state index contributed by atoms with van der Waals surface area (Å²) in [5.74, 6) is 0. The lowest BCUT2D eigenvalue weighted by Gasteiger charge is -1.96. The van der Waals surface area contributed by atoms with Crippen molar-refractivity contribution in [2.75, 3.05) is 0 Å². The van der Waals surface area contributed by atoms with E-state index in [-0.39, 0.29) is 0 Å². The number of benzene rings is 1. The molecule has 0 bridgehead atoms. The van der Waals surface area contributed by atoms with Gasteiger partial charge in [-0.25, -0.2) is 0 Å². The molecule has 1 heterocycles. The van der Waals surface area contributed by atoms with Crippen molar-refractivity contribution in [3.05, 3.63) is 65.5 Å². The van der Waals surface area contributed by atoms with Gasteiger partial charge in [-0.05, 0) is 29.7 Å². The molecule has 0 aliphatic rings. The van der Waals surface area contributed by atoms with Gasteiger partial charge in [-0.1, -0.05) is 49.4 Å². The molecule has 0 unspecified atom stereocenters. The average molecular weight is 209 g/mol. The predicted octanol–water partition coefficient (Wildman–Crippen LogP) is 3.81. The van der Waals surface area contributed by atoms with Crippen molar-refractivity contribution in [3.8, 4) is 0 Å². The Morgan fingerprint density at radius 2 is 1.81 bits per heavy atom. The van der Waals surface area contributed by atoms with Crippen molar-refractivity contribution in [2.45, 2.75) is 13.3 Å². The van der Waals surface area contributed by atoms with Gasteiger partial charge in [0.15, 0.2) is 0 Å². The van der Waals surface area contributed by atoms with Crippen LogP contribution in [0.4, 0.5) is 0 Å². The maximum Gasteiger partial charge on any atom is 0.0630 e. The van der Waals surface area contributed by atoms with Crippen LogP contribution in [-0.2, 0) is 6.42 Å². The molecular formula is C15H15N. The van der Waals surface area contributed by atoms with Crippen LogP contribution in [0.3, 0.4) is 0 Å². The van der Waals surface area contributed by atoms with E-state index in [0.29, 0.717) is 0 Å². The molecule has 2 aromatic rings. The van der Waals surface area contributed by atoms with Gasteiger partial charge in [0, 0.05) is 6.20 Å². The molecule has 0 spiro atoms. The highest BCUT2D eigenvalue weighted by Gasteiger charge is 1.90. The first kappa shape index (κ1) is 10.6. The van der Waals surface area contributed by atoms with Crippen molar-refractivity contribution < 1.29 is 0 Å². The van der Waals surface area contributed by atoms with Crippen LogP contribution >= 0.6 is 0 Å². The summed E-state index contributed by atoms with van der Waals surface area (Å²) in [6.45, 7) is 2.14. The zero-order valence-electron chi connectivity index (χ0n) is 9.43. The van der Waals surface area contributed by atoms with Crippen LogP contribution in [-0.4, -0.2) is 4.98 Å². The minimum absolute atomic E-state index is 1.00. The molecule has 1 heteroatoms. The second-order valence-corrected chi connectivity index (χ2v) is 3.69. The summed E-state index contributed by atoms with van der Waals surface area (Å²) in [5, 5.41) is 0. The lowest BCUT2D eigenvalue weighted by Crippen LogP contribution is -1.84. The molecule has 1 aromatic carbocycles. The maximum atomic E-state index is 4.38. The molecule has 0 atom stereocenters. The molecule has 80 valence electrons. The van der Waals surface area contributed by atoms with E-state index < -0.39 is 0 Å². The van der Waals surface area contributed by atoms with Crippen LogP contribution in [0, 0.1) is 0 Å². The number of aryl methyl sites for hydroxylation is 1. The Kier molecular flexibility index (Phi) is 3.50. The van der Waals surface area contributed by atoms with E-state index in [4.69, 9.17) is 0 Å². The van der Waals surface area contributed by atoms with E-state index in [0.717, 1.165) is 12.1 Å². The Hall–Kier alpha value is -1.89. The largest absolute Gasteiger partial charge is 0.257 e. The standard InChI is InChI=1S/C15H15N/c1-2-13-8-10-15(16-12-13)11-9-14-6-4-3-5-7-14/h3-12H,2H2,1H3/b11-9+. The second kappa shape index (κ2) is 5.26. The molecule has 0 fully saturated rings. The van der Waals surface area contributed by atoms with Gasteiger partial charge >= 0.3 is 0 Å². The van der Waals surface area contributed by atoms with Gasteiger partial charge in [-0.3, -0.25) is 4.98 Å². The molecule has 0 aliphatic heterocycles. The minimum Gasteiger partial charge on any atom is -0.257 e. The van der Waals surface area contributed by atoms with Gasteiger partial charge in [-0.15, -0.1) is 0 Å². The van der Waals surface area contributed by atoms with Gasteiger partial charge in [0.25, 0.3) is 0 Å². The molecule has 0 saturated carbocycles. The summed E-state index contributed by atoms with van der Waals surface area (Å²) >= 11 is 0. The van der Waals surface area contributed by atoms with Crippen LogP contribution < -0.4 is 0 Å². The zero-order valence-corrected chi connectivity index (χ0v) is 9.43. The topological polar surface area (TPSA) is 12.9 Å². The third-order valence-corrected chi connectivity index (χ3v) is 2.50. The van der Waals surface area contributed by atoms with E-state index in [9.17, 15) is 0 Å². The van der Waals surface area contributed by atoms with Gasteiger partial charge in [0.1, 0.15) is 0 Å². The number of hydrogen-bond donors (Lipinski definition) is 0. The SMILES string of the molecule is CCc1ccc(/C=C/c2ccccc2)nc1. The fourth-order valence-electron chi connectivity index (χ4n) is 1.49. The summed E-state index contributed by atoms with van der Waals surface area (Å²) in [5.41, 5.74) is 3.47. The maximum absolute atomic E-state index is 4.38. The third-order valence-electron chi connectivity index (χ3n) is 2.50. The van der Waals surface area contributed by atoms with E-state index in [1.165, 1.54) is 11.1 Å². The van der Waals surface area contributed by atoms with Crippen molar-refractivity contribution in [3.63, 3.8) is 0 Å². The first-order valence-electron chi connectivity index (χ1n) is 5.56. The summed E-state index contributed by atoms with van der Waals surface area (Å²) in [6.07, 6.45) is 7.09. The van der Waals surface area contributed by atoms with Crippen LogP contribution in [0.2, 0.25) is 0 Å². The van der Waals surface area contributed by atoms with Crippen molar-refractivity contribution in [1.29, 1.82) is 0 Å². The van der Waals surface area contributed by atoms with E-state index in [1.54, 1.807) is 0 Å². The quantitative estimate of drug-likeness (QED) is 0.749. The van der Waals surface area contributed by atoms with Crippen LogP contribution in [0.25, 0.3) is 12.2 Å². The first-order valence-corrected chi connectivity index (χ1v) is 5.56. The highest BCUT2D eigenvalue weighted by atomic mass is 14.7. The summed E-state index contributed by atoms with van der Waals surface area (Å²) in [7, 11) is 0. The fraction of sp³-hybridized carbons (Fsp3) is 0.133. The highest BCUT2D eigenvalue weighted by molar-refractivity contribution is 5.67. The molecule has 2 rings (SSSR count). The summed E-state index contributed by atoms with van der Waals surface area (Å²) < 4.78 is 0. The molecule has 1 aromatic heterocycles. The molecule has 0 radical (unpaired) electrons. The molecule has 16 heavy (non-hydrogen) atoms. The third kappa shape index (κ3) is 2.80. The minimum atomic E-state index is 1.00. The Labute approximate surface area is 96.5 Å². The molecule has 0 aliphatic carbocycles. The van der Waals surface area contributed by atoms with Crippen molar-refractivity contribution >= 4 is 12.2 Å². The zero-order chi connectivity index (χ0) is 11.2. The molecule has 0 amide bonds. The fourth-order valence-corrected chi connectivity index (χ4v) is 1.49. The summed E-state index contributed by atoms with van der Waals surface area (Å²) in [4.78, 5) is 4.38. The molecule has 0 N–H and O–H groups in total. The monoisotopic (exact) mass is 209 g/mol. The summed E-state index contributed by atoms with van der Waals surface area (Å²) in [6, 6.07) is 14.4. The number of aromatic nitrogens is 1. The van der Waals surface area contributed by atoms with Gasteiger partial charge in [-0.2, -0.15) is 0 Å². The predicted molar refractivity (Wildman–Crippen MR) is 69.0 cm³/mol. The lowest BCUT2D eigenvalue weighted by molar-refractivity contribution is 1.10. The Morgan fingerprint density at radius 1 is 1.00 bits per heavy atom. The molecule has 0 saturated heterocycles. The number of hydrogen-bond acceptors (Lipinski definition) is 1. The van der Waals surface area contributed by atoms with Gasteiger partial charge in [0.05, 0.1) is 5.69 Å². The Morgan fingerprint density at radius 3 is 2.44 bits per heavy atom. The van der Waals surface area contributed by atoms with Gasteiger partial charge in [0.2, 0.25) is 0 Å². The smallest absolute Gasteiger partial charge is 0.0630 e. The van der Waals surface area contributed by atoms with E-state index in [1.807, 2.05) is 30.5 Å². The van der Waals surface area contributed by atoms with Crippen LogP contribution in [0.15, 0.2) is 48.7 Å². The highest BCUT2D eigenvalue weighted by Crippen LogP contribution is 2.07. The van der Waals surface area contributed by atoms with Gasteiger partial charge < -0.3 is 0 Å². The van der Waals surface area contributed by atoms with Crippen molar-refractivity contribution in [2.24, 2.45) is 0 Å². The second-order valence-electron chi connectivity index (χ2n) is 3.69. The van der Waals surface area contributed by atoms with Crippen molar-refractivity contribution in [1.82, 2.24) is 4.98 Å².